The summed E-state index contributed by atoms with van der Waals surface area (Å²) in [5.74, 6) is -1.08. The lowest BCUT2D eigenvalue weighted by Crippen LogP contribution is -2.40. The van der Waals surface area contributed by atoms with Gasteiger partial charge in [0.25, 0.3) is 0 Å². The predicted octanol–water partition coefficient (Wildman–Crippen LogP) is 2.71. The fourth-order valence-electron chi connectivity index (χ4n) is 1.84. The molecule has 1 unspecified atom stereocenters. The third kappa shape index (κ3) is 3.45. The first-order valence-corrected chi connectivity index (χ1v) is 6.86. The maximum atomic E-state index is 13.1. The molecule has 7 heteroatoms. The van der Waals surface area contributed by atoms with Gasteiger partial charge in [-0.25, -0.2) is 4.39 Å². The van der Waals surface area contributed by atoms with Gasteiger partial charge in [-0.3, -0.25) is 9.59 Å². The second kappa shape index (κ2) is 5.88. The predicted molar refractivity (Wildman–Crippen MR) is 73.5 cm³/mol. The van der Waals surface area contributed by atoms with Crippen LogP contribution in [-0.4, -0.2) is 18.4 Å². The fourth-order valence-corrected chi connectivity index (χ4v) is 2.74. The number of amides is 2. The minimum Gasteiger partial charge on any atom is -0.355 e. The van der Waals surface area contributed by atoms with E-state index in [1.54, 1.807) is 0 Å². The Morgan fingerprint density at radius 2 is 2.26 bits per heavy atom. The van der Waals surface area contributed by atoms with Crippen molar-refractivity contribution in [2.75, 3.05) is 11.9 Å². The molecule has 1 fully saturated rings. The van der Waals surface area contributed by atoms with Crippen molar-refractivity contribution in [2.45, 2.75) is 12.8 Å². The van der Waals surface area contributed by atoms with E-state index in [0.29, 0.717) is 29.5 Å². The minimum atomic E-state index is -0.486. The summed E-state index contributed by atoms with van der Waals surface area (Å²) in [5.41, 5.74) is 0.338. The SMILES string of the molecule is O=C1CCC(C(=O)Nc2c(Cl)cc(F)cc2Br)CN1. The van der Waals surface area contributed by atoms with Crippen LogP contribution in [0, 0.1) is 11.7 Å². The van der Waals surface area contributed by atoms with E-state index in [4.69, 9.17) is 11.6 Å². The molecule has 2 N–H and O–H groups in total. The fraction of sp³-hybridized carbons (Fsp3) is 0.333. The lowest BCUT2D eigenvalue weighted by molar-refractivity contribution is -0.126. The van der Waals surface area contributed by atoms with Crippen LogP contribution in [0.5, 0.6) is 0 Å². The Bertz CT molecular complexity index is 505. The van der Waals surface area contributed by atoms with Crippen LogP contribution in [0.1, 0.15) is 12.8 Å². The summed E-state index contributed by atoms with van der Waals surface area (Å²) in [6, 6.07) is 2.36. The normalized spacial score (nSPS) is 18.9. The summed E-state index contributed by atoms with van der Waals surface area (Å²) in [6.07, 6.45) is 0.824. The van der Waals surface area contributed by atoms with Crippen molar-refractivity contribution in [1.82, 2.24) is 5.32 Å². The van der Waals surface area contributed by atoms with Crippen molar-refractivity contribution in [3.63, 3.8) is 0 Å². The number of halogens is 3. The van der Waals surface area contributed by atoms with Crippen molar-refractivity contribution >= 4 is 45.0 Å². The Hall–Kier alpha value is -1.14. The van der Waals surface area contributed by atoms with Gasteiger partial charge in [0.2, 0.25) is 11.8 Å². The molecule has 1 aromatic rings. The summed E-state index contributed by atoms with van der Waals surface area (Å²) in [6.45, 7) is 0.307. The number of nitrogens with one attached hydrogen (secondary N) is 2. The van der Waals surface area contributed by atoms with Gasteiger partial charge in [-0.1, -0.05) is 11.6 Å². The van der Waals surface area contributed by atoms with Gasteiger partial charge in [-0.2, -0.15) is 0 Å². The molecule has 1 heterocycles. The first kappa shape index (κ1) is 14.3. The molecular formula is C12H11BrClFN2O2. The smallest absolute Gasteiger partial charge is 0.229 e. The summed E-state index contributed by atoms with van der Waals surface area (Å²) in [5, 5.41) is 5.41. The van der Waals surface area contributed by atoms with Gasteiger partial charge in [0.05, 0.1) is 16.6 Å². The zero-order valence-corrected chi connectivity index (χ0v) is 12.1. The van der Waals surface area contributed by atoms with Crippen LogP contribution in [0.3, 0.4) is 0 Å². The Morgan fingerprint density at radius 3 is 2.84 bits per heavy atom. The molecule has 0 bridgehead atoms. The van der Waals surface area contributed by atoms with E-state index in [0.717, 1.165) is 6.07 Å². The number of piperidine rings is 1. The highest BCUT2D eigenvalue weighted by atomic mass is 79.9. The zero-order chi connectivity index (χ0) is 14.0. The van der Waals surface area contributed by atoms with Gasteiger partial charge in [-0.05, 0) is 34.5 Å². The van der Waals surface area contributed by atoms with Gasteiger partial charge in [0.15, 0.2) is 0 Å². The average molecular weight is 350 g/mol. The van der Waals surface area contributed by atoms with Gasteiger partial charge in [0, 0.05) is 17.4 Å². The summed E-state index contributed by atoms with van der Waals surface area (Å²) < 4.78 is 13.4. The molecule has 1 atom stereocenters. The Labute approximate surface area is 122 Å². The highest BCUT2D eigenvalue weighted by molar-refractivity contribution is 9.10. The molecule has 0 spiro atoms. The van der Waals surface area contributed by atoms with Gasteiger partial charge in [0.1, 0.15) is 5.82 Å². The molecule has 0 radical (unpaired) electrons. The largest absolute Gasteiger partial charge is 0.355 e. The van der Waals surface area contributed by atoms with E-state index in [1.807, 2.05) is 0 Å². The number of benzene rings is 1. The molecule has 4 nitrogen and oxygen atoms in total. The molecule has 2 amide bonds. The molecule has 1 aromatic carbocycles. The first-order chi connectivity index (χ1) is 8.97. The highest BCUT2D eigenvalue weighted by Gasteiger charge is 2.25. The summed E-state index contributed by atoms with van der Waals surface area (Å²) in [4.78, 5) is 23.1. The van der Waals surface area contributed by atoms with Crippen LogP contribution in [0.4, 0.5) is 10.1 Å². The summed E-state index contributed by atoms with van der Waals surface area (Å²) in [7, 11) is 0. The number of rotatable bonds is 2. The van der Waals surface area contributed by atoms with Crippen molar-refractivity contribution in [3.05, 3.63) is 27.4 Å². The van der Waals surface area contributed by atoms with Crippen LogP contribution >= 0.6 is 27.5 Å². The molecule has 1 saturated heterocycles. The number of carbonyl (C=O) groups is 2. The van der Waals surface area contributed by atoms with Crippen LogP contribution in [0.2, 0.25) is 5.02 Å². The zero-order valence-electron chi connectivity index (χ0n) is 9.80. The van der Waals surface area contributed by atoms with Gasteiger partial charge < -0.3 is 10.6 Å². The molecule has 1 aliphatic rings. The molecule has 1 aliphatic heterocycles. The van der Waals surface area contributed by atoms with Gasteiger partial charge >= 0.3 is 0 Å². The molecule has 2 rings (SSSR count). The average Bonchev–Trinajstić information content (AvgIpc) is 2.34. The minimum absolute atomic E-state index is 0.0509. The van der Waals surface area contributed by atoms with E-state index in [-0.39, 0.29) is 22.8 Å². The Kier molecular flexibility index (Phi) is 4.42. The summed E-state index contributed by atoms with van der Waals surface area (Å²) >= 11 is 9.04. The Balaban J connectivity index is 2.09. The molecular weight excluding hydrogens is 338 g/mol. The van der Waals surface area contributed by atoms with Crippen LogP contribution in [0.15, 0.2) is 16.6 Å². The number of carbonyl (C=O) groups excluding carboxylic acids is 2. The monoisotopic (exact) mass is 348 g/mol. The lowest BCUT2D eigenvalue weighted by atomic mass is 9.98. The van der Waals surface area contributed by atoms with Crippen molar-refractivity contribution in [1.29, 1.82) is 0 Å². The Morgan fingerprint density at radius 1 is 1.53 bits per heavy atom. The van der Waals surface area contributed by atoms with E-state index >= 15 is 0 Å². The number of anilines is 1. The standard InChI is InChI=1S/C12H11BrClFN2O2/c13-8-3-7(15)4-9(14)11(8)17-12(19)6-1-2-10(18)16-5-6/h3-4,6H,1-2,5H2,(H,16,18)(H,17,19). The van der Waals surface area contributed by atoms with E-state index < -0.39 is 5.82 Å². The third-order valence-electron chi connectivity index (χ3n) is 2.89. The molecule has 0 aliphatic carbocycles. The van der Waals surface area contributed by atoms with Gasteiger partial charge in [-0.15, -0.1) is 0 Å². The number of hydrogen-bond donors (Lipinski definition) is 2. The maximum absolute atomic E-state index is 13.1. The third-order valence-corrected chi connectivity index (χ3v) is 3.81. The van der Waals surface area contributed by atoms with Crippen LogP contribution in [0.25, 0.3) is 0 Å². The first-order valence-electron chi connectivity index (χ1n) is 5.69. The topological polar surface area (TPSA) is 58.2 Å². The van der Waals surface area contributed by atoms with E-state index in [1.165, 1.54) is 6.07 Å². The highest BCUT2D eigenvalue weighted by Crippen LogP contribution is 2.32. The van der Waals surface area contributed by atoms with Crippen molar-refractivity contribution in [3.8, 4) is 0 Å². The molecule has 102 valence electrons. The second-order valence-corrected chi connectivity index (χ2v) is 5.53. The molecule has 19 heavy (non-hydrogen) atoms. The van der Waals surface area contributed by atoms with Crippen LogP contribution in [-0.2, 0) is 9.59 Å². The van der Waals surface area contributed by atoms with Crippen LogP contribution < -0.4 is 10.6 Å². The number of hydrogen-bond acceptors (Lipinski definition) is 2. The second-order valence-electron chi connectivity index (χ2n) is 4.27. The molecule has 0 saturated carbocycles. The quantitative estimate of drug-likeness (QED) is 0.862. The van der Waals surface area contributed by atoms with E-state index in [9.17, 15) is 14.0 Å². The maximum Gasteiger partial charge on any atom is 0.229 e. The van der Waals surface area contributed by atoms with E-state index in [2.05, 4.69) is 26.6 Å². The molecule has 0 aromatic heterocycles. The van der Waals surface area contributed by atoms with Crippen molar-refractivity contribution < 1.29 is 14.0 Å². The van der Waals surface area contributed by atoms with Crippen molar-refractivity contribution in [2.24, 2.45) is 5.92 Å². The lowest BCUT2D eigenvalue weighted by Gasteiger charge is -2.22.